The van der Waals surface area contributed by atoms with Crippen LogP contribution in [0.2, 0.25) is 0 Å². The van der Waals surface area contributed by atoms with E-state index >= 15 is 0 Å². The summed E-state index contributed by atoms with van der Waals surface area (Å²) in [5.74, 6) is -0.397. The Hall–Kier alpha value is -2.62. The van der Waals surface area contributed by atoms with E-state index in [4.69, 9.17) is 0 Å². The number of aromatic nitrogens is 2. The zero-order valence-corrected chi connectivity index (χ0v) is 16.8. The zero-order valence-electron chi connectivity index (χ0n) is 16.8. The molecule has 2 N–H and O–H groups in total. The molecule has 2 nitrogen and oxygen atoms in total. The lowest BCUT2D eigenvalue weighted by Crippen LogP contribution is -2.25. The molecule has 0 unspecified atom stereocenters. The third-order valence-corrected chi connectivity index (χ3v) is 6.15. The highest BCUT2D eigenvalue weighted by Gasteiger charge is 2.30. The minimum atomic E-state index is -0.321. The van der Waals surface area contributed by atoms with Crippen molar-refractivity contribution in [2.24, 2.45) is 0 Å². The van der Waals surface area contributed by atoms with E-state index in [1.807, 2.05) is 30.5 Å². The average Bonchev–Trinajstić information content (AvgIpc) is 3.28. The maximum Gasteiger partial charge on any atom is 0.147 e. The summed E-state index contributed by atoms with van der Waals surface area (Å²) in [7, 11) is 0. The van der Waals surface area contributed by atoms with E-state index in [-0.39, 0.29) is 22.5 Å². The molecule has 0 aliphatic rings. The molecule has 2 aromatic heterocycles. The molecular formula is C24H26F2N2. The van der Waals surface area contributed by atoms with Crippen molar-refractivity contribution in [2.75, 3.05) is 0 Å². The molecule has 4 heteroatoms. The van der Waals surface area contributed by atoms with Gasteiger partial charge in [-0.05, 0) is 65.1 Å². The topological polar surface area (TPSA) is 31.6 Å². The summed E-state index contributed by atoms with van der Waals surface area (Å²) in [6.07, 6.45) is 5.28. The predicted molar refractivity (Wildman–Crippen MR) is 112 cm³/mol. The van der Waals surface area contributed by atoms with Crippen molar-refractivity contribution in [1.82, 2.24) is 9.97 Å². The van der Waals surface area contributed by atoms with Gasteiger partial charge in [-0.15, -0.1) is 0 Å². The third-order valence-electron chi connectivity index (χ3n) is 6.15. The molecule has 4 rings (SSSR count). The number of fused-ring (bicyclic) bond motifs is 2. The average molecular weight is 380 g/mol. The summed E-state index contributed by atoms with van der Waals surface area (Å²) in [4.78, 5) is 6.17. The van der Waals surface area contributed by atoms with E-state index in [0.29, 0.717) is 5.52 Å². The molecule has 0 bridgehead atoms. The molecule has 0 amide bonds. The van der Waals surface area contributed by atoms with Gasteiger partial charge in [0.2, 0.25) is 0 Å². The number of hydrogen-bond acceptors (Lipinski definition) is 0. The Morgan fingerprint density at radius 1 is 0.750 bits per heavy atom. The predicted octanol–water partition coefficient (Wildman–Crippen LogP) is 6.96. The van der Waals surface area contributed by atoms with E-state index in [0.717, 1.165) is 40.3 Å². The van der Waals surface area contributed by atoms with Crippen molar-refractivity contribution < 1.29 is 8.78 Å². The van der Waals surface area contributed by atoms with Crippen LogP contribution in [-0.2, 0) is 10.8 Å². The van der Waals surface area contributed by atoms with Crippen LogP contribution in [-0.4, -0.2) is 9.97 Å². The lowest BCUT2D eigenvalue weighted by Gasteiger charge is -2.32. The third kappa shape index (κ3) is 3.11. The number of aromatic amines is 2. The maximum atomic E-state index is 14.8. The highest BCUT2D eigenvalue weighted by Crippen LogP contribution is 2.40. The second-order valence-corrected chi connectivity index (χ2v) is 9.03. The van der Waals surface area contributed by atoms with Crippen LogP contribution in [0.1, 0.15) is 51.7 Å². The van der Waals surface area contributed by atoms with Crippen LogP contribution in [0.15, 0.2) is 48.8 Å². The Balaban J connectivity index is 1.63. The van der Waals surface area contributed by atoms with Gasteiger partial charge in [0, 0.05) is 28.7 Å². The molecule has 28 heavy (non-hydrogen) atoms. The Morgan fingerprint density at radius 3 is 2.18 bits per heavy atom. The lowest BCUT2D eigenvalue weighted by molar-refractivity contribution is 0.367. The second kappa shape index (κ2) is 6.47. The monoisotopic (exact) mass is 380 g/mol. The summed E-state index contributed by atoms with van der Waals surface area (Å²) in [6, 6.07) is 10.8. The molecule has 0 saturated carbocycles. The summed E-state index contributed by atoms with van der Waals surface area (Å²) >= 11 is 0. The standard InChI is InChI=1S/C24H26F2N2/c1-23(2,17-5-6-19(25)22-16(17)8-12-28-22)9-10-24(3,4)18-14-21-15(7-11-27-21)13-20(18)26/h5-8,11-14,27-28H,9-10H2,1-4H3. The molecule has 0 atom stereocenters. The Bertz CT molecular complexity index is 1150. The van der Waals surface area contributed by atoms with E-state index in [2.05, 4.69) is 37.7 Å². The van der Waals surface area contributed by atoms with Gasteiger partial charge in [0.1, 0.15) is 11.6 Å². The normalized spacial score (nSPS) is 12.9. The van der Waals surface area contributed by atoms with Crippen molar-refractivity contribution in [1.29, 1.82) is 0 Å². The summed E-state index contributed by atoms with van der Waals surface area (Å²) in [5, 5.41) is 1.81. The Morgan fingerprint density at radius 2 is 1.43 bits per heavy atom. The molecule has 0 spiro atoms. The largest absolute Gasteiger partial charge is 0.361 e. The van der Waals surface area contributed by atoms with Crippen LogP contribution >= 0.6 is 0 Å². The first-order chi connectivity index (χ1) is 13.2. The second-order valence-electron chi connectivity index (χ2n) is 9.03. The van der Waals surface area contributed by atoms with Gasteiger partial charge in [-0.2, -0.15) is 0 Å². The smallest absolute Gasteiger partial charge is 0.147 e. The van der Waals surface area contributed by atoms with Gasteiger partial charge >= 0.3 is 0 Å². The van der Waals surface area contributed by atoms with Gasteiger partial charge in [0.25, 0.3) is 0 Å². The van der Waals surface area contributed by atoms with E-state index in [9.17, 15) is 8.78 Å². The van der Waals surface area contributed by atoms with Gasteiger partial charge < -0.3 is 9.97 Å². The first-order valence-electron chi connectivity index (χ1n) is 9.72. The minimum absolute atomic E-state index is 0.162. The molecule has 2 aromatic carbocycles. The van der Waals surface area contributed by atoms with Crippen LogP contribution in [0.3, 0.4) is 0 Å². The number of rotatable bonds is 5. The lowest BCUT2D eigenvalue weighted by atomic mass is 9.72. The SMILES string of the molecule is CC(C)(CCC(C)(C)c1ccc(F)c2[nH]ccc12)c1cc2[nH]ccc2cc1F. The summed E-state index contributed by atoms with van der Waals surface area (Å²) < 4.78 is 28.8. The van der Waals surface area contributed by atoms with Gasteiger partial charge in [-0.1, -0.05) is 33.8 Å². The fraction of sp³-hybridized carbons (Fsp3) is 0.333. The van der Waals surface area contributed by atoms with Crippen molar-refractivity contribution in [3.05, 3.63) is 71.6 Å². The molecule has 2 heterocycles. The van der Waals surface area contributed by atoms with Crippen molar-refractivity contribution in [3.8, 4) is 0 Å². The van der Waals surface area contributed by atoms with Gasteiger partial charge in [0.15, 0.2) is 0 Å². The van der Waals surface area contributed by atoms with Crippen LogP contribution in [0.25, 0.3) is 21.8 Å². The van der Waals surface area contributed by atoms with Crippen molar-refractivity contribution >= 4 is 21.8 Å². The van der Waals surface area contributed by atoms with Crippen LogP contribution in [0, 0.1) is 11.6 Å². The number of benzene rings is 2. The minimum Gasteiger partial charge on any atom is -0.361 e. The number of halogens is 2. The Kier molecular flexibility index (Phi) is 4.33. The highest BCUT2D eigenvalue weighted by molar-refractivity contribution is 5.84. The van der Waals surface area contributed by atoms with E-state index in [1.54, 1.807) is 12.3 Å². The quantitative estimate of drug-likeness (QED) is 0.375. The number of hydrogen-bond donors (Lipinski definition) is 2. The molecule has 4 aromatic rings. The molecule has 146 valence electrons. The molecule has 0 radical (unpaired) electrons. The Labute approximate surface area is 164 Å². The first kappa shape index (κ1) is 18.7. The molecule has 0 saturated heterocycles. The fourth-order valence-electron chi connectivity index (χ4n) is 4.20. The molecule has 0 aliphatic carbocycles. The molecular weight excluding hydrogens is 354 g/mol. The summed E-state index contributed by atoms with van der Waals surface area (Å²) in [5.41, 5.74) is 2.85. The maximum absolute atomic E-state index is 14.8. The zero-order chi connectivity index (χ0) is 20.1. The fourth-order valence-corrected chi connectivity index (χ4v) is 4.20. The van der Waals surface area contributed by atoms with Gasteiger partial charge in [-0.3, -0.25) is 0 Å². The summed E-state index contributed by atoms with van der Waals surface area (Å²) in [6.45, 7) is 8.53. The van der Waals surface area contributed by atoms with Crippen LogP contribution < -0.4 is 0 Å². The first-order valence-corrected chi connectivity index (χ1v) is 9.72. The number of H-pyrrole nitrogens is 2. The van der Waals surface area contributed by atoms with Gasteiger partial charge in [-0.25, -0.2) is 8.78 Å². The highest BCUT2D eigenvalue weighted by atomic mass is 19.1. The number of nitrogens with one attached hydrogen (secondary N) is 2. The van der Waals surface area contributed by atoms with Crippen molar-refractivity contribution in [2.45, 2.75) is 51.4 Å². The molecule has 0 fully saturated rings. The van der Waals surface area contributed by atoms with Crippen LogP contribution in [0.5, 0.6) is 0 Å². The van der Waals surface area contributed by atoms with Gasteiger partial charge in [0.05, 0.1) is 5.52 Å². The van der Waals surface area contributed by atoms with Crippen molar-refractivity contribution in [3.63, 3.8) is 0 Å². The van der Waals surface area contributed by atoms with E-state index in [1.165, 1.54) is 6.07 Å². The van der Waals surface area contributed by atoms with E-state index < -0.39 is 0 Å². The van der Waals surface area contributed by atoms with Crippen LogP contribution in [0.4, 0.5) is 8.78 Å². The molecule has 0 aliphatic heterocycles.